The minimum atomic E-state index is -3.23. The van der Waals surface area contributed by atoms with Gasteiger partial charge in [-0.25, -0.2) is 12.8 Å². The van der Waals surface area contributed by atoms with Crippen LogP contribution in [0, 0.1) is 5.82 Å². The van der Waals surface area contributed by atoms with Crippen molar-refractivity contribution in [2.75, 3.05) is 12.3 Å². The lowest BCUT2D eigenvalue weighted by Gasteiger charge is -2.15. The number of sulfone groups is 1. The molecule has 2 amide bonds. The van der Waals surface area contributed by atoms with Gasteiger partial charge in [-0.2, -0.15) is 0 Å². The van der Waals surface area contributed by atoms with Gasteiger partial charge in [0.15, 0.2) is 9.84 Å². The highest BCUT2D eigenvalue weighted by molar-refractivity contribution is 8.26. The molecule has 10 heteroatoms. The molecule has 0 spiro atoms. The number of nitrogens with one attached hydrogen (secondary N) is 1. The molecule has 1 aromatic rings. The summed E-state index contributed by atoms with van der Waals surface area (Å²) >= 11 is 6.32. The van der Waals surface area contributed by atoms with Crippen molar-refractivity contribution in [3.63, 3.8) is 0 Å². The second-order valence-electron chi connectivity index (χ2n) is 6.29. The largest absolute Gasteiger partial charge is 0.349 e. The van der Waals surface area contributed by atoms with E-state index in [1.54, 1.807) is 18.2 Å². The molecule has 148 valence electrons. The maximum Gasteiger partial charge on any atom is 0.266 e. The number of rotatable bonds is 6. The standard InChI is InChI=1S/C18H17FN2O4S3/c19-14-5-2-1-4-12(14)10-15-17(23)21(18(26)27-15)8-3-6-16(22)20-13-7-9-28(24,25)11-13/h1-2,4-5,7,9-10,13H,3,6,8,11H2,(H,20,22)/b15-10-/t13-/m0/s1. The lowest BCUT2D eigenvalue weighted by Crippen LogP contribution is -2.36. The molecule has 1 fully saturated rings. The van der Waals surface area contributed by atoms with Crippen LogP contribution >= 0.6 is 24.0 Å². The molecule has 1 saturated heterocycles. The lowest BCUT2D eigenvalue weighted by atomic mass is 10.2. The van der Waals surface area contributed by atoms with Gasteiger partial charge in [0.2, 0.25) is 5.91 Å². The van der Waals surface area contributed by atoms with E-state index < -0.39 is 21.7 Å². The predicted molar refractivity (Wildman–Crippen MR) is 110 cm³/mol. The van der Waals surface area contributed by atoms with Crippen LogP contribution in [0.3, 0.4) is 0 Å². The van der Waals surface area contributed by atoms with Gasteiger partial charge in [-0.05, 0) is 24.6 Å². The van der Waals surface area contributed by atoms with Gasteiger partial charge < -0.3 is 5.32 Å². The Labute approximate surface area is 171 Å². The van der Waals surface area contributed by atoms with Crippen LogP contribution < -0.4 is 5.32 Å². The first-order valence-electron chi connectivity index (χ1n) is 8.45. The van der Waals surface area contributed by atoms with Crippen molar-refractivity contribution in [3.8, 4) is 0 Å². The quantitative estimate of drug-likeness (QED) is 0.540. The molecule has 0 aliphatic carbocycles. The van der Waals surface area contributed by atoms with Crippen molar-refractivity contribution in [2.45, 2.75) is 18.9 Å². The molecule has 0 aromatic heterocycles. The van der Waals surface area contributed by atoms with Gasteiger partial charge in [0.25, 0.3) is 5.91 Å². The Bertz CT molecular complexity index is 988. The summed E-state index contributed by atoms with van der Waals surface area (Å²) in [5.74, 6) is -1.16. The summed E-state index contributed by atoms with van der Waals surface area (Å²) in [6.45, 7) is 0.255. The van der Waals surface area contributed by atoms with Gasteiger partial charge in [0.05, 0.1) is 16.7 Å². The summed E-state index contributed by atoms with van der Waals surface area (Å²) in [5, 5.41) is 3.73. The first-order valence-corrected chi connectivity index (χ1v) is 11.4. The molecule has 3 rings (SSSR count). The average Bonchev–Trinajstić information content (AvgIpc) is 3.09. The Morgan fingerprint density at radius 2 is 2.14 bits per heavy atom. The van der Waals surface area contributed by atoms with Crippen LogP contribution in [0.4, 0.5) is 4.39 Å². The van der Waals surface area contributed by atoms with E-state index in [0.29, 0.717) is 21.2 Å². The number of halogens is 1. The summed E-state index contributed by atoms with van der Waals surface area (Å²) < 4.78 is 36.8. The number of thioether (sulfide) groups is 1. The maximum absolute atomic E-state index is 13.8. The molecule has 0 saturated carbocycles. The molecule has 2 aliphatic heterocycles. The van der Waals surface area contributed by atoms with E-state index in [1.807, 2.05) is 0 Å². The van der Waals surface area contributed by atoms with E-state index in [9.17, 15) is 22.4 Å². The molecular formula is C18H17FN2O4S3. The van der Waals surface area contributed by atoms with Crippen LogP contribution in [-0.2, 0) is 19.4 Å². The number of hydrogen-bond donors (Lipinski definition) is 1. The second kappa shape index (κ2) is 8.54. The monoisotopic (exact) mass is 440 g/mol. The number of carbonyl (C=O) groups excluding carboxylic acids is 2. The van der Waals surface area contributed by atoms with E-state index in [-0.39, 0.29) is 30.5 Å². The molecule has 28 heavy (non-hydrogen) atoms. The predicted octanol–water partition coefficient (Wildman–Crippen LogP) is 2.23. The van der Waals surface area contributed by atoms with Crippen LogP contribution in [-0.4, -0.2) is 47.8 Å². The van der Waals surface area contributed by atoms with E-state index in [2.05, 4.69) is 5.32 Å². The number of thiocarbonyl (C=S) groups is 1. The summed E-state index contributed by atoms with van der Waals surface area (Å²) in [6, 6.07) is 5.62. The Balaban J connectivity index is 1.52. The van der Waals surface area contributed by atoms with Gasteiger partial charge in [-0.3, -0.25) is 14.5 Å². The highest BCUT2D eigenvalue weighted by atomic mass is 32.2. The molecule has 1 N–H and O–H groups in total. The smallest absolute Gasteiger partial charge is 0.266 e. The van der Waals surface area contributed by atoms with Crippen LogP contribution in [0.5, 0.6) is 0 Å². The van der Waals surface area contributed by atoms with Crippen molar-refractivity contribution in [1.29, 1.82) is 0 Å². The fourth-order valence-corrected chi connectivity index (χ4v) is 5.30. The number of benzene rings is 1. The Morgan fingerprint density at radius 3 is 2.82 bits per heavy atom. The highest BCUT2D eigenvalue weighted by Crippen LogP contribution is 2.33. The van der Waals surface area contributed by atoms with Crippen LogP contribution in [0.25, 0.3) is 6.08 Å². The topological polar surface area (TPSA) is 83.6 Å². The Morgan fingerprint density at radius 1 is 1.39 bits per heavy atom. The zero-order chi connectivity index (χ0) is 20.3. The van der Waals surface area contributed by atoms with Gasteiger partial charge in [-0.15, -0.1) is 0 Å². The molecule has 0 bridgehead atoms. The normalized spacial score (nSPS) is 22.2. The minimum absolute atomic E-state index is 0.131. The van der Waals surface area contributed by atoms with Crippen molar-refractivity contribution in [3.05, 3.63) is 52.0 Å². The van der Waals surface area contributed by atoms with Crippen molar-refractivity contribution < 1.29 is 22.4 Å². The van der Waals surface area contributed by atoms with Crippen molar-refractivity contribution >= 4 is 56.0 Å². The van der Waals surface area contributed by atoms with Gasteiger partial charge in [0.1, 0.15) is 10.1 Å². The van der Waals surface area contributed by atoms with Crippen LogP contribution in [0.15, 0.2) is 40.7 Å². The molecule has 6 nitrogen and oxygen atoms in total. The SMILES string of the molecule is O=C(CCCN1C(=O)/C(=C/c2ccccc2F)SC1=S)N[C@H]1C=CS(=O)(=O)C1. The number of nitrogens with zero attached hydrogens (tertiary/aromatic N) is 1. The van der Waals surface area contributed by atoms with Gasteiger partial charge in [0, 0.05) is 23.9 Å². The molecule has 0 unspecified atom stereocenters. The second-order valence-corrected chi connectivity index (χ2v) is 9.90. The molecular weight excluding hydrogens is 423 g/mol. The Hall–Kier alpha value is -2.04. The van der Waals surface area contributed by atoms with E-state index >= 15 is 0 Å². The summed E-state index contributed by atoms with van der Waals surface area (Å²) in [5.41, 5.74) is 0.307. The molecule has 2 heterocycles. The molecule has 1 atom stereocenters. The van der Waals surface area contributed by atoms with Crippen molar-refractivity contribution in [1.82, 2.24) is 10.2 Å². The van der Waals surface area contributed by atoms with Gasteiger partial charge in [-0.1, -0.05) is 42.2 Å². The first kappa shape index (κ1) is 20.7. The third-order valence-corrected chi connectivity index (χ3v) is 6.90. The lowest BCUT2D eigenvalue weighted by molar-refractivity contribution is -0.124. The fraction of sp³-hybridized carbons (Fsp3) is 0.278. The van der Waals surface area contributed by atoms with Crippen molar-refractivity contribution in [2.24, 2.45) is 0 Å². The zero-order valence-corrected chi connectivity index (χ0v) is 17.1. The van der Waals surface area contributed by atoms with E-state index in [1.165, 1.54) is 23.1 Å². The summed E-state index contributed by atoms with van der Waals surface area (Å²) in [6.07, 6.45) is 3.42. The van der Waals surface area contributed by atoms with E-state index in [0.717, 1.165) is 17.2 Å². The fourth-order valence-electron chi connectivity index (χ4n) is 2.77. The number of hydrogen-bond acceptors (Lipinski definition) is 6. The summed E-state index contributed by atoms with van der Waals surface area (Å²) in [7, 11) is -3.23. The highest BCUT2D eigenvalue weighted by Gasteiger charge is 2.32. The maximum atomic E-state index is 13.8. The summed E-state index contributed by atoms with van der Waals surface area (Å²) in [4.78, 5) is 26.2. The zero-order valence-electron chi connectivity index (χ0n) is 14.6. The third kappa shape index (κ3) is 5.06. The minimum Gasteiger partial charge on any atom is -0.349 e. The van der Waals surface area contributed by atoms with Gasteiger partial charge >= 0.3 is 0 Å². The average molecular weight is 441 g/mol. The Kier molecular flexibility index (Phi) is 6.31. The van der Waals surface area contributed by atoms with Crippen LogP contribution in [0.2, 0.25) is 0 Å². The molecule has 2 aliphatic rings. The number of carbonyl (C=O) groups is 2. The first-order chi connectivity index (χ1) is 13.2. The van der Waals surface area contributed by atoms with E-state index in [4.69, 9.17) is 12.2 Å². The molecule has 0 radical (unpaired) electrons. The van der Waals surface area contributed by atoms with Crippen LogP contribution in [0.1, 0.15) is 18.4 Å². The molecule has 1 aromatic carbocycles. The third-order valence-electron chi connectivity index (χ3n) is 4.13. The number of amides is 2.